The Kier molecular flexibility index (Phi) is 4.31. The SMILES string of the molecule is CCOC(=O)C(C)(C)N1C2CCCCC2C2CCCCC21. The summed E-state index contributed by atoms with van der Waals surface area (Å²) in [6, 6.07) is 1.23. The van der Waals surface area contributed by atoms with Gasteiger partial charge in [0, 0.05) is 12.1 Å². The van der Waals surface area contributed by atoms with Crippen LogP contribution in [0.3, 0.4) is 0 Å². The van der Waals surface area contributed by atoms with Gasteiger partial charge in [-0.2, -0.15) is 0 Å². The van der Waals surface area contributed by atoms with E-state index in [0.29, 0.717) is 18.7 Å². The Labute approximate surface area is 129 Å². The molecule has 3 aliphatic rings. The Morgan fingerprint density at radius 2 is 1.48 bits per heavy atom. The van der Waals surface area contributed by atoms with Gasteiger partial charge in [0.05, 0.1) is 6.61 Å². The minimum absolute atomic E-state index is 0.0273. The highest BCUT2D eigenvalue weighted by atomic mass is 16.5. The Morgan fingerprint density at radius 1 is 1.00 bits per heavy atom. The molecule has 0 aromatic heterocycles. The number of hydrogen-bond donors (Lipinski definition) is 0. The lowest BCUT2D eigenvalue weighted by Gasteiger charge is -2.44. The first-order valence-corrected chi connectivity index (χ1v) is 9.03. The molecule has 4 atom stereocenters. The van der Waals surface area contributed by atoms with E-state index in [1.165, 1.54) is 51.4 Å². The molecule has 0 N–H and O–H groups in total. The second-order valence-electron chi connectivity index (χ2n) is 7.72. The third kappa shape index (κ3) is 2.52. The van der Waals surface area contributed by atoms with E-state index in [2.05, 4.69) is 18.7 Å². The number of esters is 1. The van der Waals surface area contributed by atoms with Gasteiger partial charge in [-0.15, -0.1) is 0 Å². The molecule has 0 bridgehead atoms. The molecule has 3 heteroatoms. The Morgan fingerprint density at radius 3 is 1.95 bits per heavy atom. The zero-order valence-electron chi connectivity index (χ0n) is 13.9. The topological polar surface area (TPSA) is 29.5 Å². The summed E-state index contributed by atoms with van der Waals surface area (Å²) >= 11 is 0. The molecule has 1 aliphatic heterocycles. The van der Waals surface area contributed by atoms with E-state index in [4.69, 9.17) is 4.74 Å². The van der Waals surface area contributed by atoms with Crippen molar-refractivity contribution in [2.24, 2.45) is 11.8 Å². The lowest BCUT2D eigenvalue weighted by Crippen LogP contribution is -2.57. The lowest BCUT2D eigenvalue weighted by molar-refractivity contribution is -0.159. The van der Waals surface area contributed by atoms with Crippen LogP contribution >= 0.6 is 0 Å². The van der Waals surface area contributed by atoms with Crippen LogP contribution in [-0.2, 0) is 9.53 Å². The third-order valence-electron chi connectivity index (χ3n) is 6.25. The van der Waals surface area contributed by atoms with Gasteiger partial charge < -0.3 is 4.74 Å². The zero-order valence-corrected chi connectivity index (χ0v) is 13.9. The number of nitrogens with zero attached hydrogens (tertiary/aromatic N) is 1. The summed E-state index contributed by atoms with van der Waals surface area (Å²) in [5.74, 6) is 1.64. The first-order valence-electron chi connectivity index (χ1n) is 9.03. The molecule has 2 aliphatic carbocycles. The number of rotatable bonds is 3. The van der Waals surface area contributed by atoms with Crippen molar-refractivity contribution >= 4 is 5.97 Å². The summed E-state index contributed by atoms with van der Waals surface area (Å²) in [5, 5.41) is 0. The van der Waals surface area contributed by atoms with Gasteiger partial charge in [-0.05, 0) is 58.3 Å². The Balaban J connectivity index is 1.89. The second-order valence-corrected chi connectivity index (χ2v) is 7.72. The van der Waals surface area contributed by atoms with Gasteiger partial charge >= 0.3 is 5.97 Å². The molecular weight excluding hydrogens is 262 g/mol. The van der Waals surface area contributed by atoms with Crippen LogP contribution in [0.2, 0.25) is 0 Å². The molecule has 21 heavy (non-hydrogen) atoms. The fourth-order valence-corrected chi connectivity index (χ4v) is 5.46. The fourth-order valence-electron chi connectivity index (χ4n) is 5.46. The summed E-state index contributed by atoms with van der Waals surface area (Å²) in [4.78, 5) is 15.1. The van der Waals surface area contributed by atoms with Gasteiger partial charge in [-0.25, -0.2) is 0 Å². The van der Waals surface area contributed by atoms with E-state index < -0.39 is 5.54 Å². The minimum Gasteiger partial charge on any atom is -0.465 e. The molecule has 0 radical (unpaired) electrons. The van der Waals surface area contributed by atoms with Crippen molar-refractivity contribution in [3.8, 4) is 0 Å². The van der Waals surface area contributed by atoms with Gasteiger partial charge in [-0.1, -0.05) is 25.7 Å². The molecule has 1 saturated heterocycles. The predicted molar refractivity (Wildman–Crippen MR) is 84.0 cm³/mol. The van der Waals surface area contributed by atoms with E-state index in [1.54, 1.807) is 0 Å². The highest BCUT2D eigenvalue weighted by Crippen LogP contribution is 2.51. The quantitative estimate of drug-likeness (QED) is 0.742. The molecule has 3 fully saturated rings. The Hall–Kier alpha value is -0.570. The van der Waals surface area contributed by atoms with E-state index in [-0.39, 0.29) is 5.97 Å². The van der Waals surface area contributed by atoms with Crippen LogP contribution in [0.25, 0.3) is 0 Å². The van der Waals surface area contributed by atoms with Crippen LogP contribution in [-0.4, -0.2) is 35.1 Å². The second kappa shape index (κ2) is 5.91. The van der Waals surface area contributed by atoms with Crippen molar-refractivity contribution in [3.63, 3.8) is 0 Å². The van der Waals surface area contributed by atoms with Crippen LogP contribution in [0.4, 0.5) is 0 Å². The smallest absolute Gasteiger partial charge is 0.325 e. The third-order valence-corrected chi connectivity index (χ3v) is 6.25. The maximum absolute atomic E-state index is 12.5. The van der Waals surface area contributed by atoms with Gasteiger partial charge in [0.2, 0.25) is 0 Å². The number of fused-ring (bicyclic) bond motifs is 3. The maximum Gasteiger partial charge on any atom is 0.325 e. The molecule has 0 amide bonds. The van der Waals surface area contributed by atoms with Gasteiger partial charge in [0.25, 0.3) is 0 Å². The highest BCUT2D eigenvalue weighted by molar-refractivity contribution is 5.80. The molecule has 3 nitrogen and oxygen atoms in total. The molecule has 0 spiro atoms. The number of hydrogen-bond acceptors (Lipinski definition) is 3. The summed E-state index contributed by atoms with van der Waals surface area (Å²) in [6.07, 6.45) is 10.7. The van der Waals surface area contributed by atoms with E-state index in [9.17, 15) is 4.79 Å². The first kappa shape index (κ1) is 15.3. The molecule has 120 valence electrons. The average molecular weight is 293 g/mol. The van der Waals surface area contributed by atoms with Crippen molar-refractivity contribution in [1.29, 1.82) is 0 Å². The van der Waals surface area contributed by atoms with Gasteiger partial charge in [0.15, 0.2) is 0 Å². The van der Waals surface area contributed by atoms with Crippen LogP contribution < -0.4 is 0 Å². The Bertz CT molecular complexity index is 371. The fraction of sp³-hybridized carbons (Fsp3) is 0.944. The maximum atomic E-state index is 12.5. The highest BCUT2D eigenvalue weighted by Gasteiger charge is 2.56. The standard InChI is InChI=1S/C18H31NO2/c1-4-21-17(20)18(2,3)19-15-11-7-5-9-13(15)14-10-6-8-12-16(14)19/h13-16H,4-12H2,1-3H3. The summed E-state index contributed by atoms with van der Waals surface area (Å²) in [7, 11) is 0. The molecule has 0 aromatic rings. The largest absolute Gasteiger partial charge is 0.465 e. The zero-order chi connectivity index (χ0) is 15.0. The number of likely N-dealkylation sites (tertiary alicyclic amines) is 1. The molecule has 0 aromatic carbocycles. The lowest BCUT2D eigenvalue weighted by atomic mass is 9.73. The van der Waals surface area contributed by atoms with Crippen LogP contribution in [0.15, 0.2) is 0 Å². The predicted octanol–water partition coefficient (Wildman–Crippen LogP) is 3.76. The van der Waals surface area contributed by atoms with Crippen molar-refractivity contribution < 1.29 is 9.53 Å². The first-order chi connectivity index (χ1) is 10.1. The summed E-state index contributed by atoms with van der Waals surface area (Å²) in [6.45, 7) is 6.57. The van der Waals surface area contributed by atoms with Crippen LogP contribution in [0.1, 0.15) is 72.1 Å². The van der Waals surface area contributed by atoms with Gasteiger partial charge in [-0.3, -0.25) is 9.69 Å². The minimum atomic E-state index is -0.465. The number of carbonyl (C=O) groups excluding carboxylic acids is 1. The van der Waals surface area contributed by atoms with E-state index in [0.717, 1.165) is 11.8 Å². The summed E-state index contributed by atoms with van der Waals surface area (Å²) < 4.78 is 5.40. The van der Waals surface area contributed by atoms with E-state index in [1.807, 2.05) is 6.92 Å². The van der Waals surface area contributed by atoms with Crippen molar-refractivity contribution in [3.05, 3.63) is 0 Å². The van der Waals surface area contributed by atoms with Crippen molar-refractivity contribution in [2.75, 3.05) is 6.61 Å². The van der Waals surface area contributed by atoms with Crippen LogP contribution in [0, 0.1) is 11.8 Å². The van der Waals surface area contributed by atoms with Crippen LogP contribution in [0.5, 0.6) is 0 Å². The average Bonchev–Trinajstić information content (AvgIpc) is 2.82. The monoisotopic (exact) mass is 293 g/mol. The molecule has 3 rings (SSSR count). The number of carbonyl (C=O) groups is 1. The molecule has 4 unspecified atom stereocenters. The summed E-state index contributed by atoms with van der Waals surface area (Å²) in [5.41, 5.74) is -0.465. The molecular formula is C18H31NO2. The normalized spacial score (nSPS) is 36.9. The van der Waals surface area contributed by atoms with Crippen molar-refractivity contribution in [2.45, 2.75) is 89.8 Å². The van der Waals surface area contributed by atoms with E-state index >= 15 is 0 Å². The molecule has 1 heterocycles. The van der Waals surface area contributed by atoms with Crippen molar-refractivity contribution in [1.82, 2.24) is 4.90 Å². The molecule has 2 saturated carbocycles. The number of ether oxygens (including phenoxy) is 1. The van der Waals surface area contributed by atoms with Gasteiger partial charge in [0.1, 0.15) is 5.54 Å².